The zero-order chi connectivity index (χ0) is 23.2. The molecule has 8 heteroatoms. The van der Waals surface area contributed by atoms with Crippen LogP contribution >= 0.6 is 35.0 Å². The third-order valence-electron chi connectivity index (χ3n) is 5.05. The van der Waals surface area contributed by atoms with Crippen LogP contribution in [0, 0.1) is 0 Å². The van der Waals surface area contributed by atoms with Crippen LogP contribution in [0.15, 0.2) is 78.0 Å². The molecule has 3 aromatic carbocycles. The number of amides is 1. The Morgan fingerprint density at radius 2 is 1.73 bits per heavy atom. The van der Waals surface area contributed by atoms with Crippen LogP contribution in [0.1, 0.15) is 23.9 Å². The predicted octanol–water partition coefficient (Wildman–Crippen LogP) is 6.46. The molecule has 1 heterocycles. The van der Waals surface area contributed by atoms with E-state index in [0.717, 1.165) is 23.5 Å². The molecule has 4 rings (SSSR count). The lowest BCUT2D eigenvalue weighted by molar-refractivity contribution is -0.113. The number of hydrogen-bond acceptors (Lipinski definition) is 4. The molecule has 1 aromatic heterocycles. The Bertz CT molecular complexity index is 1240. The van der Waals surface area contributed by atoms with Crippen LogP contribution in [-0.4, -0.2) is 26.4 Å². The van der Waals surface area contributed by atoms with Gasteiger partial charge < -0.3 is 5.32 Å². The summed E-state index contributed by atoms with van der Waals surface area (Å²) >= 11 is 13.4. The van der Waals surface area contributed by atoms with E-state index in [1.165, 1.54) is 17.3 Å². The van der Waals surface area contributed by atoms with Crippen molar-refractivity contribution in [3.05, 3.63) is 99.8 Å². The standard InChI is InChI=1S/C25H22Cl2N4OS/c1-2-17-8-11-20(12-9-17)31-23(14-18-6-4-3-5-7-18)29-30-25(31)33-16-24(32)28-22-13-10-19(26)15-21(22)27/h3-13,15H,2,14,16H2,1H3,(H,28,32). The second-order valence-electron chi connectivity index (χ2n) is 7.38. The molecule has 0 aliphatic heterocycles. The number of benzene rings is 3. The number of halogens is 2. The maximum absolute atomic E-state index is 12.6. The summed E-state index contributed by atoms with van der Waals surface area (Å²) in [5.74, 6) is 0.786. The average molecular weight is 497 g/mol. The van der Waals surface area contributed by atoms with Gasteiger partial charge in [0.2, 0.25) is 5.91 Å². The minimum atomic E-state index is -0.190. The van der Waals surface area contributed by atoms with Gasteiger partial charge in [-0.15, -0.1) is 10.2 Å². The molecule has 1 N–H and O–H groups in total. The molecule has 0 atom stereocenters. The number of carbonyl (C=O) groups is 1. The zero-order valence-corrected chi connectivity index (χ0v) is 20.3. The minimum Gasteiger partial charge on any atom is -0.324 e. The second kappa shape index (κ2) is 10.9. The van der Waals surface area contributed by atoms with E-state index in [-0.39, 0.29) is 11.7 Å². The summed E-state index contributed by atoms with van der Waals surface area (Å²) in [5, 5.41) is 13.2. The molecule has 168 valence electrons. The Balaban J connectivity index is 1.55. The van der Waals surface area contributed by atoms with Crippen molar-refractivity contribution in [3.8, 4) is 5.69 Å². The summed E-state index contributed by atoms with van der Waals surface area (Å²) in [6.45, 7) is 2.13. The lowest BCUT2D eigenvalue weighted by atomic mass is 10.1. The normalized spacial score (nSPS) is 10.9. The largest absolute Gasteiger partial charge is 0.324 e. The van der Waals surface area contributed by atoms with Crippen LogP contribution in [0.25, 0.3) is 5.69 Å². The van der Waals surface area contributed by atoms with Crippen LogP contribution in [0.4, 0.5) is 5.69 Å². The van der Waals surface area contributed by atoms with Crippen LogP contribution in [0.2, 0.25) is 10.0 Å². The zero-order valence-electron chi connectivity index (χ0n) is 18.0. The molecule has 5 nitrogen and oxygen atoms in total. The number of aromatic nitrogens is 3. The van der Waals surface area contributed by atoms with Gasteiger partial charge in [0.1, 0.15) is 5.82 Å². The summed E-state index contributed by atoms with van der Waals surface area (Å²) in [4.78, 5) is 12.6. The highest BCUT2D eigenvalue weighted by Crippen LogP contribution is 2.27. The van der Waals surface area contributed by atoms with Gasteiger partial charge in [0, 0.05) is 17.1 Å². The molecule has 0 fully saturated rings. The number of carbonyl (C=O) groups excluding carboxylic acids is 1. The van der Waals surface area contributed by atoms with Gasteiger partial charge in [-0.1, -0.05) is 84.4 Å². The number of anilines is 1. The first-order chi connectivity index (χ1) is 16.0. The number of nitrogens with zero attached hydrogens (tertiary/aromatic N) is 3. The molecular formula is C25H22Cl2N4OS. The van der Waals surface area contributed by atoms with E-state index in [1.807, 2.05) is 22.8 Å². The third-order valence-corrected chi connectivity index (χ3v) is 6.52. The van der Waals surface area contributed by atoms with E-state index in [4.69, 9.17) is 23.2 Å². The van der Waals surface area contributed by atoms with E-state index >= 15 is 0 Å². The maximum Gasteiger partial charge on any atom is 0.234 e. The van der Waals surface area contributed by atoms with Crippen molar-refractivity contribution in [2.45, 2.75) is 24.9 Å². The highest BCUT2D eigenvalue weighted by atomic mass is 35.5. The third kappa shape index (κ3) is 5.96. The van der Waals surface area contributed by atoms with Crippen molar-refractivity contribution >= 4 is 46.6 Å². The SMILES string of the molecule is CCc1ccc(-n2c(Cc3ccccc3)nnc2SCC(=O)Nc2ccc(Cl)cc2Cl)cc1. The van der Waals surface area contributed by atoms with Gasteiger partial charge >= 0.3 is 0 Å². The molecule has 0 spiro atoms. The van der Waals surface area contributed by atoms with Gasteiger partial charge in [0.25, 0.3) is 0 Å². The molecule has 33 heavy (non-hydrogen) atoms. The van der Waals surface area contributed by atoms with E-state index < -0.39 is 0 Å². The first-order valence-corrected chi connectivity index (χ1v) is 12.2. The van der Waals surface area contributed by atoms with E-state index in [2.05, 4.69) is 58.8 Å². The molecule has 0 bridgehead atoms. The quantitative estimate of drug-likeness (QED) is 0.284. The van der Waals surface area contributed by atoms with Crippen molar-refractivity contribution in [1.82, 2.24) is 14.8 Å². The number of hydrogen-bond donors (Lipinski definition) is 1. The van der Waals surface area contributed by atoms with E-state index in [0.29, 0.717) is 27.3 Å². The Kier molecular flexibility index (Phi) is 7.70. The number of rotatable bonds is 8. The van der Waals surface area contributed by atoms with Crippen LogP contribution < -0.4 is 5.32 Å². The fourth-order valence-corrected chi connectivity index (χ4v) is 4.56. The molecule has 0 radical (unpaired) electrons. The summed E-state index contributed by atoms with van der Waals surface area (Å²) in [5.41, 5.74) is 3.88. The summed E-state index contributed by atoms with van der Waals surface area (Å²) < 4.78 is 2.01. The molecule has 0 saturated heterocycles. The van der Waals surface area contributed by atoms with Crippen LogP contribution in [0.5, 0.6) is 0 Å². The Morgan fingerprint density at radius 1 is 0.970 bits per heavy atom. The second-order valence-corrected chi connectivity index (χ2v) is 9.16. The molecule has 4 aromatic rings. The molecule has 0 aliphatic carbocycles. The average Bonchev–Trinajstić information content (AvgIpc) is 3.22. The molecule has 0 saturated carbocycles. The van der Waals surface area contributed by atoms with Gasteiger partial charge in [0.15, 0.2) is 5.16 Å². The fourth-order valence-electron chi connectivity index (χ4n) is 3.33. The Labute approximate surface area is 207 Å². The molecule has 0 unspecified atom stereocenters. The number of nitrogens with one attached hydrogen (secondary N) is 1. The van der Waals surface area contributed by atoms with Gasteiger partial charge in [-0.2, -0.15) is 0 Å². The highest BCUT2D eigenvalue weighted by Gasteiger charge is 2.17. The van der Waals surface area contributed by atoms with Gasteiger partial charge in [0.05, 0.1) is 16.5 Å². The lowest BCUT2D eigenvalue weighted by Gasteiger charge is -2.11. The lowest BCUT2D eigenvalue weighted by Crippen LogP contribution is -2.15. The summed E-state index contributed by atoms with van der Waals surface area (Å²) in [6, 6.07) is 23.4. The fraction of sp³-hybridized carbons (Fsp3) is 0.160. The van der Waals surface area contributed by atoms with Crippen molar-refractivity contribution in [3.63, 3.8) is 0 Å². The molecule has 0 aliphatic rings. The number of thioether (sulfide) groups is 1. The van der Waals surface area contributed by atoms with Gasteiger partial charge in [-0.25, -0.2) is 0 Å². The van der Waals surface area contributed by atoms with Crippen molar-refractivity contribution in [2.24, 2.45) is 0 Å². The van der Waals surface area contributed by atoms with Crippen molar-refractivity contribution in [1.29, 1.82) is 0 Å². The van der Waals surface area contributed by atoms with Crippen LogP contribution in [-0.2, 0) is 17.6 Å². The van der Waals surface area contributed by atoms with Crippen molar-refractivity contribution in [2.75, 3.05) is 11.1 Å². The molecular weight excluding hydrogens is 475 g/mol. The maximum atomic E-state index is 12.6. The number of aryl methyl sites for hydroxylation is 1. The predicted molar refractivity (Wildman–Crippen MR) is 136 cm³/mol. The van der Waals surface area contributed by atoms with Gasteiger partial charge in [-0.05, 0) is 47.9 Å². The Morgan fingerprint density at radius 3 is 2.42 bits per heavy atom. The first-order valence-electron chi connectivity index (χ1n) is 10.5. The minimum absolute atomic E-state index is 0.162. The van der Waals surface area contributed by atoms with Crippen molar-refractivity contribution < 1.29 is 4.79 Å². The summed E-state index contributed by atoms with van der Waals surface area (Å²) in [6.07, 6.45) is 1.60. The summed E-state index contributed by atoms with van der Waals surface area (Å²) in [7, 11) is 0. The van der Waals surface area contributed by atoms with E-state index in [9.17, 15) is 4.79 Å². The van der Waals surface area contributed by atoms with E-state index in [1.54, 1.807) is 18.2 Å². The Hall–Kier alpha value is -2.80. The van der Waals surface area contributed by atoms with Gasteiger partial charge in [-0.3, -0.25) is 9.36 Å². The first kappa shape index (κ1) is 23.4. The monoisotopic (exact) mass is 496 g/mol. The topological polar surface area (TPSA) is 59.8 Å². The smallest absolute Gasteiger partial charge is 0.234 e. The molecule has 1 amide bonds. The van der Waals surface area contributed by atoms with Crippen LogP contribution in [0.3, 0.4) is 0 Å². The highest BCUT2D eigenvalue weighted by molar-refractivity contribution is 7.99.